The Morgan fingerprint density at radius 3 is 2.64 bits per heavy atom. The molecule has 0 saturated carbocycles. The number of carbonyl (C=O) groups excluding carboxylic acids is 2. The minimum absolute atomic E-state index is 0.140. The molecule has 9 heteroatoms. The third kappa shape index (κ3) is 6.74. The lowest BCUT2D eigenvalue weighted by atomic mass is 9.90. The molecule has 1 unspecified atom stereocenters. The van der Waals surface area contributed by atoms with E-state index in [-0.39, 0.29) is 31.1 Å². The number of nitrogens with zero attached hydrogens (tertiary/aromatic N) is 2. The molecule has 1 fully saturated rings. The summed E-state index contributed by atoms with van der Waals surface area (Å²) >= 11 is 0. The quantitative estimate of drug-likeness (QED) is 0.529. The smallest absolute Gasteiger partial charge is 0.407 e. The molecule has 1 saturated heterocycles. The molecule has 1 aliphatic heterocycles. The summed E-state index contributed by atoms with van der Waals surface area (Å²) in [6.07, 6.45) is 0.694. The van der Waals surface area contributed by atoms with Gasteiger partial charge in [0.15, 0.2) is 0 Å². The van der Waals surface area contributed by atoms with Crippen LogP contribution in [0, 0.1) is 0 Å². The van der Waals surface area contributed by atoms with Gasteiger partial charge in [-0.25, -0.2) is 14.2 Å². The van der Waals surface area contributed by atoms with Crippen molar-refractivity contribution in [1.29, 1.82) is 0 Å². The van der Waals surface area contributed by atoms with Gasteiger partial charge in [0.1, 0.15) is 11.4 Å². The Balaban J connectivity index is 1.62. The van der Waals surface area contributed by atoms with Gasteiger partial charge in [-0.15, -0.1) is 0 Å². The van der Waals surface area contributed by atoms with Crippen molar-refractivity contribution in [2.24, 2.45) is 0 Å². The average Bonchev–Trinajstić information content (AvgIpc) is 2.81. The summed E-state index contributed by atoms with van der Waals surface area (Å²) in [6.45, 7) is 0.445. The van der Waals surface area contributed by atoms with E-state index in [2.05, 4.69) is 15.6 Å². The number of halogens is 1. The van der Waals surface area contributed by atoms with Crippen LogP contribution in [0.3, 0.4) is 0 Å². The number of likely N-dealkylation sites (tertiary alicyclic amines) is 1. The zero-order chi connectivity index (χ0) is 23.8. The summed E-state index contributed by atoms with van der Waals surface area (Å²) in [5, 5.41) is 14.4. The molecule has 0 bridgehead atoms. The van der Waals surface area contributed by atoms with Gasteiger partial charge in [-0.05, 0) is 43.4 Å². The van der Waals surface area contributed by atoms with Crippen molar-refractivity contribution in [3.63, 3.8) is 0 Å². The first kappa shape index (κ1) is 24.2. The second kappa shape index (κ2) is 10.9. The molecule has 1 aromatic heterocycles. The third-order valence-electron chi connectivity index (χ3n) is 5.71. The first-order chi connectivity index (χ1) is 15.8. The van der Waals surface area contributed by atoms with Crippen LogP contribution in [0.15, 0.2) is 42.5 Å². The maximum absolute atomic E-state index is 15.0. The minimum atomic E-state index is -1.58. The van der Waals surface area contributed by atoms with E-state index in [9.17, 15) is 14.4 Å². The Labute approximate surface area is 192 Å². The Bertz CT molecular complexity index is 1000. The van der Waals surface area contributed by atoms with Gasteiger partial charge in [0.05, 0.1) is 6.54 Å². The highest BCUT2D eigenvalue weighted by molar-refractivity contribution is 5.98. The Kier molecular flexibility index (Phi) is 7.97. The fourth-order valence-electron chi connectivity index (χ4n) is 4.02. The van der Waals surface area contributed by atoms with Crippen molar-refractivity contribution in [1.82, 2.24) is 20.5 Å². The molecule has 0 radical (unpaired) electrons. The normalized spacial score (nSPS) is 17.9. The second-order valence-electron chi connectivity index (χ2n) is 8.29. The van der Waals surface area contributed by atoms with Gasteiger partial charge in [-0.3, -0.25) is 9.59 Å². The van der Waals surface area contributed by atoms with Crippen molar-refractivity contribution in [3.05, 3.63) is 65.0 Å². The number of aromatic nitrogens is 1. The second-order valence-corrected chi connectivity index (χ2v) is 8.29. The van der Waals surface area contributed by atoms with E-state index >= 15 is 4.39 Å². The molecular formula is C24H29FN4O4. The van der Waals surface area contributed by atoms with Gasteiger partial charge in [0.25, 0.3) is 11.8 Å². The number of hydrogen-bond donors (Lipinski definition) is 3. The molecule has 1 aliphatic rings. The van der Waals surface area contributed by atoms with Gasteiger partial charge >= 0.3 is 6.09 Å². The molecule has 3 N–H and O–H groups in total. The number of rotatable bonds is 8. The molecule has 0 aliphatic carbocycles. The van der Waals surface area contributed by atoms with Crippen LogP contribution in [0.5, 0.6) is 0 Å². The maximum atomic E-state index is 15.0. The lowest BCUT2D eigenvalue weighted by Gasteiger charge is -2.36. The van der Waals surface area contributed by atoms with E-state index < -0.39 is 17.7 Å². The minimum Gasteiger partial charge on any atom is -0.465 e. The molecule has 33 heavy (non-hydrogen) atoms. The van der Waals surface area contributed by atoms with Crippen molar-refractivity contribution in [2.75, 3.05) is 26.7 Å². The van der Waals surface area contributed by atoms with Gasteiger partial charge < -0.3 is 20.6 Å². The molecule has 3 rings (SSSR count). The van der Waals surface area contributed by atoms with E-state index in [1.54, 1.807) is 6.07 Å². The van der Waals surface area contributed by atoms with E-state index in [4.69, 9.17) is 5.11 Å². The number of carbonyl (C=O) groups is 3. The van der Waals surface area contributed by atoms with Crippen molar-refractivity contribution in [2.45, 2.75) is 37.8 Å². The number of hydrogen-bond acceptors (Lipinski definition) is 4. The molecule has 1 atom stereocenters. The van der Waals surface area contributed by atoms with Crippen LogP contribution in [0.1, 0.15) is 57.8 Å². The van der Waals surface area contributed by atoms with Crippen molar-refractivity contribution in [3.8, 4) is 0 Å². The Hall–Kier alpha value is -3.49. The van der Waals surface area contributed by atoms with Crippen molar-refractivity contribution >= 4 is 17.9 Å². The van der Waals surface area contributed by atoms with Crippen molar-refractivity contribution < 1.29 is 23.9 Å². The fraction of sp³-hybridized carbons (Fsp3) is 0.417. The summed E-state index contributed by atoms with van der Waals surface area (Å²) in [4.78, 5) is 41.5. The zero-order valence-corrected chi connectivity index (χ0v) is 18.6. The topological polar surface area (TPSA) is 112 Å². The predicted molar refractivity (Wildman–Crippen MR) is 121 cm³/mol. The summed E-state index contributed by atoms with van der Waals surface area (Å²) in [5.41, 5.74) is 0.467. The first-order valence-corrected chi connectivity index (χ1v) is 11.0. The molecule has 8 nitrogen and oxygen atoms in total. The lowest BCUT2D eigenvalue weighted by Crippen LogP contribution is -2.47. The zero-order valence-electron chi connectivity index (χ0n) is 18.6. The highest BCUT2D eigenvalue weighted by atomic mass is 19.1. The molecule has 0 spiro atoms. The molecule has 2 heterocycles. The van der Waals surface area contributed by atoms with Gasteiger partial charge in [0.2, 0.25) is 0 Å². The van der Waals surface area contributed by atoms with E-state index in [0.29, 0.717) is 43.5 Å². The number of benzene rings is 1. The van der Waals surface area contributed by atoms with Crippen LogP contribution in [-0.2, 0) is 6.42 Å². The van der Waals surface area contributed by atoms with E-state index in [1.165, 1.54) is 13.1 Å². The summed E-state index contributed by atoms with van der Waals surface area (Å²) < 4.78 is 15.0. The summed E-state index contributed by atoms with van der Waals surface area (Å²) in [6, 6.07) is 12.7. The largest absolute Gasteiger partial charge is 0.465 e. The fourth-order valence-corrected chi connectivity index (χ4v) is 4.02. The monoisotopic (exact) mass is 456 g/mol. The van der Waals surface area contributed by atoms with Crippen LogP contribution in [0.25, 0.3) is 0 Å². The number of alkyl halides is 1. The summed E-state index contributed by atoms with van der Waals surface area (Å²) in [5.74, 6) is -0.765. The van der Waals surface area contributed by atoms with Gasteiger partial charge in [-0.1, -0.05) is 30.3 Å². The standard InChI is InChI=1S/C24H29FN4O4/c1-26-22(31)20-15-18(14-19(28-20)13-17-7-3-2-4-8-17)21(30)27-11-5-9-24(25)10-6-12-29(16-24)23(32)33/h2-4,7-8,14-15H,5-6,9-13,16H2,1H3,(H,26,31)(H,27,30)(H,32,33). The number of nitrogens with one attached hydrogen (secondary N) is 2. The molecule has 3 amide bonds. The van der Waals surface area contributed by atoms with Gasteiger partial charge in [-0.2, -0.15) is 0 Å². The highest BCUT2D eigenvalue weighted by Gasteiger charge is 2.36. The van der Waals surface area contributed by atoms with Crippen LogP contribution >= 0.6 is 0 Å². The average molecular weight is 457 g/mol. The number of pyridine rings is 1. The van der Waals surface area contributed by atoms with Crippen LogP contribution in [0.4, 0.5) is 9.18 Å². The number of piperidine rings is 1. The molecule has 1 aromatic carbocycles. The van der Waals surface area contributed by atoms with Crippen LogP contribution in [-0.4, -0.2) is 65.2 Å². The predicted octanol–water partition coefficient (Wildman–Crippen LogP) is 3.02. The SMILES string of the molecule is CNC(=O)c1cc(C(=O)NCCCC2(F)CCCN(C(=O)O)C2)cc(Cc2ccccc2)n1. The lowest BCUT2D eigenvalue weighted by molar-refractivity contribution is 0.0378. The van der Waals surface area contributed by atoms with Crippen LogP contribution in [0.2, 0.25) is 0 Å². The molecular weight excluding hydrogens is 427 g/mol. The van der Waals surface area contributed by atoms with E-state index in [0.717, 1.165) is 10.5 Å². The number of carboxylic acid groups (broad SMARTS) is 1. The third-order valence-corrected chi connectivity index (χ3v) is 5.71. The molecule has 176 valence electrons. The Morgan fingerprint density at radius 2 is 1.94 bits per heavy atom. The summed E-state index contributed by atoms with van der Waals surface area (Å²) in [7, 11) is 1.50. The highest BCUT2D eigenvalue weighted by Crippen LogP contribution is 2.29. The maximum Gasteiger partial charge on any atom is 0.407 e. The van der Waals surface area contributed by atoms with Gasteiger partial charge in [0, 0.05) is 37.8 Å². The Morgan fingerprint density at radius 1 is 1.18 bits per heavy atom. The van der Waals surface area contributed by atoms with E-state index in [1.807, 2.05) is 30.3 Å². The van der Waals surface area contributed by atoms with Crippen LogP contribution < -0.4 is 10.6 Å². The first-order valence-electron chi connectivity index (χ1n) is 11.0. The molecule has 2 aromatic rings. The number of amides is 3.